The highest BCUT2D eigenvalue weighted by molar-refractivity contribution is 5.87. The van der Waals surface area contributed by atoms with Gasteiger partial charge in [0.25, 0.3) is 0 Å². The topological polar surface area (TPSA) is 49.3 Å². The highest BCUT2D eigenvalue weighted by Gasteiger charge is 2.20. The zero-order valence-electron chi connectivity index (χ0n) is 10.9. The standard InChI is InChI=1S/C15H21NO2/c1-11(13-4-2-3-5-13)16-10-12-6-8-14(9-7-12)15(17)18/h6-9,11,13,16H,2-5,10H2,1H3,(H,17,18). The minimum Gasteiger partial charge on any atom is -0.478 e. The summed E-state index contributed by atoms with van der Waals surface area (Å²) >= 11 is 0. The number of carboxylic acid groups (broad SMARTS) is 1. The van der Waals surface area contributed by atoms with Crippen molar-refractivity contribution in [3.05, 3.63) is 35.4 Å². The lowest BCUT2D eigenvalue weighted by Crippen LogP contribution is -2.31. The lowest BCUT2D eigenvalue weighted by Gasteiger charge is -2.20. The van der Waals surface area contributed by atoms with Crippen LogP contribution in [0.5, 0.6) is 0 Å². The molecule has 1 aliphatic rings. The molecule has 0 amide bonds. The van der Waals surface area contributed by atoms with Crippen molar-refractivity contribution in [2.45, 2.75) is 45.2 Å². The van der Waals surface area contributed by atoms with Gasteiger partial charge in [-0.2, -0.15) is 0 Å². The summed E-state index contributed by atoms with van der Waals surface area (Å²) in [5.41, 5.74) is 1.49. The average Bonchev–Trinajstić information content (AvgIpc) is 2.90. The normalized spacial score (nSPS) is 17.8. The number of hydrogen-bond acceptors (Lipinski definition) is 2. The maximum Gasteiger partial charge on any atom is 0.335 e. The average molecular weight is 247 g/mol. The van der Waals surface area contributed by atoms with Crippen molar-refractivity contribution in [3.8, 4) is 0 Å². The monoisotopic (exact) mass is 247 g/mol. The molecular weight excluding hydrogens is 226 g/mol. The summed E-state index contributed by atoms with van der Waals surface area (Å²) in [5.74, 6) is -0.0582. The van der Waals surface area contributed by atoms with Gasteiger partial charge in [0.05, 0.1) is 5.56 Å². The molecule has 0 aliphatic heterocycles. The predicted molar refractivity (Wildman–Crippen MR) is 71.7 cm³/mol. The summed E-state index contributed by atoms with van der Waals surface area (Å²) in [6.07, 6.45) is 5.41. The highest BCUT2D eigenvalue weighted by atomic mass is 16.4. The maximum absolute atomic E-state index is 10.7. The first kappa shape index (κ1) is 13.1. The fourth-order valence-electron chi connectivity index (χ4n) is 2.67. The Hall–Kier alpha value is -1.35. The number of carboxylic acids is 1. The predicted octanol–water partition coefficient (Wildman–Crippen LogP) is 3.05. The molecule has 0 radical (unpaired) electrons. The van der Waals surface area contributed by atoms with E-state index in [9.17, 15) is 4.79 Å². The van der Waals surface area contributed by atoms with Gasteiger partial charge in [0.15, 0.2) is 0 Å². The molecule has 1 fully saturated rings. The number of rotatable bonds is 5. The molecule has 98 valence electrons. The van der Waals surface area contributed by atoms with Crippen LogP contribution in [0.25, 0.3) is 0 Å². The van der Waals surface area contributed by atoms with Crippen molar-refractivity contribution in [1.29, 1.82) is 0 Å². The van der Waals surface area contributed by atoms with Gasteiger partial charge in [0, 0.05) is 12.6 Å². The molecule has 3 heteroatoms. The SMILES string of the molecule is CC(NCc1ccc(C(=O)O)cc1)C1CCCC1. The third kappa shape index (κ3) is 3.33. The van der Waals surface area contributed by atoms with Crippen LogP contribution in [-0.4, -0.2) is 17.1 Å². The van der Waals surface area contributed by atoms with E-state index in [-0.39, 0.29) is 0 Å². The molecule has 1 saturated carbocycles. The zero-order valence-corrected chi connectivity index (χ0v) is 10.9. The first-order valence-electron chi connectivity index (χ1n) is 6.72. The maximum atomic E-state index is 10.7. The van der Waals surface area contributed by atoms with Gasteiger partial charge in [0.2, 0.25) is 0 Å². The van der Waals surface area contributed by atoms with Crippen LogP contribution in [0, 0.1) is 5.92 Å². The molecule has 18 heavy (non-hydrogen) atoms. The smallest absolute Gasteiger partial charge is 0.335 e. The second-order valence-corrected chi connectivity index (χ2v) is 5.22. The Labute approximate surface area is 108 Å². The zero-order chi connectivity index (χ0) is 13.0. The molecule has 0 bridgehead atoms. The molecule has 1 aliphatic carbocycles. The van der Waals surface area contributed by atoms with Crippen LogP contribution in [0.15, 0.2) is 24.3 Å². The number of nitrogens with one attached hydrogen (secondary N) is 1. The van der Waals surface area contributed by atoms with E-state index in [1.54, 1.807) is 12.1 Å². The minimum absolute atomic E-state index is 0.350. The van der Waals surface area contributed by atoms with Gasteiger partial charge in [-0.25, -0.2) is 4.79 Å². The molecule has 1 aromatic rings. The number of aromatic carboxylic acids is 1. The lowest BCUT2D eigenvalue weighted by molar-refractivity contribution is 0.0697. The Morgan fingerprint density at radius 1 is 1.33 bits per heavy atom. The third-order valence-corrected chi connectivity index (χ3v) is 3.94. The van der Waals surface area contributed by atoms with E-state index < -0.39 is 5.97 Å². The Kier molecular flexibility index (Phi) is 4.37. The summed E-state index contributed by atoms with van der Waals surface area (Å²) < 4.78 is 0. The molecule has 0 spiro atoms. The van der Waals surface area contributed by atoms with E-state index >= 15 is 0 Å². The van der Waals surface area contributed by atoms with Crippen molar-refractivity contribution in [2.75, 3.05) is 0 Å². The van der Waals surface area contributed by atoms with Crippen molar-refractivity contribution in [1.82, 2.24) is 5.32 Å². The lowest BCUT2D eigenvalue weighted by atomic mass is 9.99. The van der Waals surface area contributed by atoms with E-state index in [1.807, 2.05) is 12.1 Å². The first-order chi connectivity index (χ1) is 8.66. The minimum atomic E-state index is -0.867. The molecule has 1 unspecified atom stereocenters. The molecule has 1 aromatic carbocycles. The largest absolute Gasteiger partial charge is 0.478 e. The molecule has 2 N–H and O–H groups in total. The Morgan fingerprint density at radius 2 is 1.94 bits per heavy atom. The van der Waals surface area contributed by atoms with Gasteiger partial charge in [-0.15, -0.1) is 0 Å². The van der Waals surface area contributed by atoms with Gasteiger partial charge in [-0.3, -0.25) is 0 Å². The number of benzene rings is 1. The van der Waals surface area contributed by atoms with Crippen molar-refractivity contribution in [3.63, 3.8) is 0 Å². The molecular formula is C15H21NO2. The van der Waals surface area contributed by atoms with Crippen LogP contribution in [0.4, 0.5) is 0 Å². The fourth-order valence-corrected chi connectivity index (χ4v) is 2.67. The Balaban J connectivity index is 1.84. The van der Waals surface area contributed by atoms with E-state index in [0.29, 0.717) is 11.6 Å². The molecule has 0 aromatic heterocycles. The summed E-state index contributed by atoms with van der Waals surface area (Å²) in [6.45, 7) is 3.07. The number of hydrogen-bond donors (Lipinski definition) is 2. The Morgan fingerprint density at radius 3 is 2.50 bits per heavy atom. The van der Waals surface area contributed by atoms with Crippen molar-refractivity contribution < 1.29 is 9.90 Å². The van der Waals surface area contributed by atoms with Crippen molar-refractivity contribution in [2.24, 2.45) is 5.92 Å². The fraction of sp³-hybridized carbons (Fsp3) is 0.533. The van der Waals surface area contributed by atoms with Gasteiger partial charge < -0.3 is 10.4 Å². The first-order valence-corrected chi connectivity index (χ1v) is 6.72. The molecule has 2 rings (SSSR count). The summed E-state index contributed by atoms with van der Waals surface area (Å²) in [5, 5.41) is 12.4. The van der Waals surface area contributed by atoms with E-state index in [1.165, 1.54) is 25.7 Å². The number of carbonyl (C=O) groups is 1. The Bertz CT molecular complexity index is 393. The van der Waals surface area contributed by atoms with Crippen LogP contribution in [0.3, 0.4) is 0 Å². The molecule has 3 nitrogen and oxygen atoms in total. The molecule has 1 atom stereocenters. The van der Waals surface area contributed by atoms with Gasteiger partial charge >= 0.3 is 5.97 Å². The van der Waals surface area contributed by atoms with Crippen LogP contribution >= 0.6 is 0 Å². The van der Waals surface area contributed by atoms with Gasteiger partial charge in [-0.1, -0.05) is 25.0 Å². The van der Waals surface area contributed by atoms with Crippen LogP contribution in [-0.2, 0) is 6.54 Å². The molecule has 0 saturated heterocycles. The summed E-state index contributed by atoms with van der Waals surface area (Å²) in [6, 6.07) is 7.65. The van der Waals surface area contributed by atoms with E-state index in [4.69, 9.17) is 5.11 Å². The second-order valence-electron chi connectivity index (χ2n) is 5.22. The van der Waals surface area contributed by atoms with Crippen LogP contribution in [0.2, 0.25) is 0 Å². The quantitative estimate of drug-likeness (QED) is 0.840. The van der Waals surface area contributed by atoms with Gasteiger partial charge in [0.1, 0.15) is 0 Å². The third-order valence-electron chi connectivity index (χ3n) is 3.94. The second kappa shape index (κ2) is 6.01. The summed E-state index contributed by atoms with van der Waals surface area (Å²) in [4.78, 5) is 10.7. The summed E-state index contributed by atoms with van der Waals surface area (Å²) in [7, 11) is 0. The van der Waals surface area contributed by atoms with Gasteiger partial charge in [-0.05, 0) is 43.4 Å². The van der Waals surface area contributed by atoms with Crippen LogP contribution in [0.1, 0.15) is 48.5 Å². The van der Waals surface area contributed by atoms with Crippen LogP contribution < -0.4 is 5.32 Å². The van der Waals surface area contributed by atoms with E-state index in [0.717, 1.165) is 18.0 Å². The highest BCUT2D eigenvalue weighted by Crippen LogP contribution is 2.27. The van der Waals surface area contributed by atoms with Crippen molar-refractivity contribution >= 4 is 5.97 Å². The molecule has 0 heterocycles. The van der Waals surface area contributed by atoms with E-state index in [2.05, 4.69) is 12.2 Å².